The van der Waals surface area contributed by atoms with Crippen molar-refractivity contribution in [2.24, 2.45) is 22.9 Å². The standard InChI is InChI=1S/C40H54N2O7S/c1-6-23-46-40-35(50-29-16-9-8-10-17-29)26-33(42-49-39(3,4)5)31-24-27(15-11-13-21-43)30(18-12-14-22-44)36(37(31)40)32-25-28(19-20-34(32)48-40)47-38(45)41-7-2/h6,8-10,16-17,19-20,24-25,27,30,35-37,43-44H,1,7,11-15,18,21-23,26H2,2-5H3,(H,41,45)/t27-,30+,35-,36+,37+,40+/m0/s1. The largest absolute Gasteiger partial charge is 0.460 e. The van der Waals surface area contributed by atoms with Gasteiger partial charge in [-0.3, -0.25) is 0 Å². The highest BCUT2D eigenvalue weighted by molar-refractivity contribution is 8.00. The van der Waals surface area contributed by atoms with Gasteiger partial charge in [-0.15, -0.1) is 18.3 Å². The van der Waals surface area contributed by atoms with Crippen LogP contribution in [0.4, 0.5) is 4.79 Å². The second kappa shape index (κ2) is 17.3. The Bertz CT molecular complexity index is 1510. The Kier molecular flexibility index (Phi) is 13.1. The second-order valence-corrected chi connectivity index (χ2v) is 15.6. The lowest BCUT2D eigenvalue weighted by Gasteiger charge is -2.58. The van der Waals surface area contributed by atoms with E-state index >= 15 is 0 Å². The first-order valence-corrected chi connectivity index (χ1v) is 19.0. The number of carbonyl (C=O) groups excluding carboxylic acids is 1. The number of aliphatic hydroxyl groups excluding tert-OH is 2. The van der Waals surface area contributed by atoms with Gasteiger partial charge in [0, 0.05) is 42.6 Å². The van der Waals surface area contributed by atoms with Crippen molar-refractivity contribution in [1.29, 1.82) is 0 Å². The number of carbonyl (C=O) groups is 1. The molecule has 1 fully saturated rings. The fourth-order valence-electron chi connectivity index (χ4n) is 7.63. The molecule has 0 radical (unpaired) electrons. The molecule has 2 aliphatic carbocycles. The highest BCUT2D eigenvalue weighted by Gasteiger charge is 2.64. The number of amides is 1. The number of hydrogen-bond acceptors (Lipinski definition) is 9. The minimum absolute atomic E-state index is 0.0989. The maximum absolute atomic E-state index is 12.6. The number of ether oxygens (including phenoxy) is 3. The number of allylic oxidation sites excluding steroid dienone is 1. The van der Waals surface area contributed by atoms with Crippen LogP contribution in [0, 0.1) is 17.8 Å². The van der Waals surface area contributed by atoms with Crippen LogP contribution >= 0.6 is 11.8 Å². The van der Waals surface area contributed by atoms with E-state index in [2.05, 4.69) is 30.1 Å². The monoisotopic (exact) mass is 706 g/mol. The molecule has 0 saturated heterocycles. The summed E-state index contributed by atoms with van der Waals surface area (Å²) in [6, 6.07) is 15.9. The van der Waals surface area contributed by atoms with Gasteiger partial charge in [-0.05, 0) is 101 Å². The number of nitrogens with zero attached hydrogens (tertiary/aromatic N) is 1. The molecular weight excluding hydrogens is 653 g/mol. The van der Waals surface area contributed by atoms with Gasteiger partial charge in [0.2, 0.25) is 5.79 Å². The zero-order valence-corrected chi connectivity index (χ0v) is 30.8. The molecule has 0 aromatic heterocycles. The molecule has 1 saturated carbocycles. The van der Waals surface area contributed by atoms with Crippen molar-refractivity contribution < 1.29 is 34.1 Å². The Hall–Kier alpha value is -3.31. The molecule has 10 heteroatoms. The molecule has 1 heterocycles. The van der Waals surface area contributed by atoms with Gasteiger partial charge in [-0.1, -0.05) is 48.3 Å². The number of thioether (sulfide) groups is 1. The number of oxime groups is 1. The summed E-state index contributed by atoms with van der Waals surface area (Å²) in [6.45, 7) is 12.9. The molecule has 6 atom stereocenters. The fraction of sp³-hybridized carbons (Fsp3) is 0.550. The van der Waals surface area contributed by atoms with E-state index in [1.54, 1.807) is 23.9 Å². The summed E-state index contributed by atoms with van der Waals surface area (Å²) in [4.78, 5) is 19.8. The number of fused-ring (bicyclic) bond motifs is 2. The van der Waals surface area contributed by atoms with Crippen LogP contribution in [-0.2, 0) is 9.57 Å². The number of rotatable bonds is 16. The van der Waals surface area contributed by atoms with Crippen molar-refractivity contribution in [2.75, 3.05) is 26.4 Å². The van der Waals surface area contributed by atoms with Crippen molar-refractivity contribution in [1.82, 2.24) is 5.32 Å². The summed E-state index contributed by atoms with van der Waals surface area (Å²) in [5.74, 6) is -0.0223. The normalized spacial score (nSPS) is 26.2. The third kappa shape index (κ3) is 8.76. The van der Waals surface area contributed by atoms with E-state index in [1.165, 1.54) is 0 Å². The van der Waals surface area contributed by atoms with Gasteiger partial charge in [-0.25, -0.2) is 4.79 Å². The summed E-state index contributed by atoms with van der Waals surface area (Å²) in [7, 11) is 0. The topological polar surface area (TPSA) is 119 Å². The van der Waals surface area contributed by atoms with Crippen LogP contribution in [-0.4, -0.2) is 65.0 Å². The van der Waals surface area contributed by atoms with Crippen LogP contribution < -0.4 is 14.8 Å². The molecule has 2 aromatic carbocycles. The minimum atomic E-state index is -1.09. The van der Waals surface area contributed by atoms with Crippen molar-refractivity contribution in [3.8, 4) is 11.5 Å². The fourth-order valence-corrected chi connectivity index (χ4v) is 8.94. The van der Waals surface area contributed by atoms with E-state index in [0.29, 0.717) is 30.9 Å². The van der Waals surface area contributed by atoms with E-state index in [9.17, 15) is 15.0 Å². The van der Waals surface area contributed by atoms with Crippen LogP contribution in [0.15, 0.2) is 82.9 Å². The molecule has 0 spiro atoms. The zero-order chi connectivity index (χ0) is 35.7. The van der Waals surface area contributed by atoms with E-state index in [-0.39, 0.29) is 48.7 Å². The van der Waals surface area contributed by atoms with Gasteiger partial charge in [0.25, 0.3) is 0 Å². The van der Waals surface area contributed by atoms with E-state index in [0.717, 1.165) is 53.8 Å². The molecule has 2 aromatic rings. The summed E-state index contributed by atoms with van der Waals surface area (Å²) in [6.07, 6.45) is 9.10. The Morgan fingerprint density at radius 1 is 1.10 bits per heavy atom. The number of benzene rings is 2. The van der Waals surface area contributed by atoms with Crippen LogP contribution in [0.3, 0.4) is 0 Å². The summed E-state index contributed by atoms with van der Waals surface area (Å²) in [5, 5.41) is 26.9. The van der Waals surface area contributed by atoms with E-state index < -0.39 is 17.5 Å². The van der Waals surface area contributed by atoms with Crippen LogP contribution in [0.2, 0.25) is 0 Å². The highest BCUT2D eigenvalue weighted by atomic mass is 32.2. The molecular formula is C40H54N2O7S. The van der Waals surface area contributed by atoms with Gasteiger partial charge < -0.3 is 34.6 Å². The Morgan fingerprint density at radius 2 is 1.84 bits per heavy atom. The van der Waals surface area contributed by atoms with E-state index in [1.807, 2.05) is 58.0 Å². The van der Waals surface area contributed by atoms with Crippen LogP contribution in [0.5, 0.6) is 11.5 Å². The summed E-state index contributed by atoms with van der Waals surface area (Å²) >= 11 is 1.72. The first-order valence-electron chi connectivity index (χ1n) is 18.1. The first-order chi connectivity index (χ1) is 24.1. The predicted molar refractivity (Wildman–Crippen MR) is 198 cm³/mol. The SMILES string of the molecule is C=CCO[C@@]12Oc3ccc(OC(=O)NCC)cc3[C@H]3[C@H](CCCCO)[C@@H](CCCCO)C=C(C(=NOC(C)(C)C)C[C@@H]1Sc1ccccc1)[C@H]32. The number of hydrogen-bond donors (Lipinski definition) is 3. The lowest BCUT2D eigenvalue weighted by Crippen LogP contribution is -2.64. The average Bonchev–Trinajstić information content (AvgIpc) is 3.09. The Balaban J connectivity index is 1.75. The Labute approximate surface area is 301 Å². The molecule has 1 amide bonds. The van der Waals surface area contributed by atoms with Crippen LogP contribution in [0.25, 0.3) is 0 Å². The molecule has 272 valence electrons. The molecule has 3 aliphatic rings. The van der Waals surface area contributed by atoms with Gasteiger partial charge >= 0.3 is 6.09 Å². The second-order valence-electron chi connectivity index (χ2n) is 14.3. The molecule has 3 N–H and O–H groups in total. The molecule has 50 heavy (non-hydrogen) atoms. The highest BCUT2D eigenvalue weighted by Crippen LogP contribution is 2.63. The number of nitrogens with one attached hydrogen (secondary N) is 1. The third-order valence-corrected chi connectivity index (χ3v) is 10.9. The van der Waals surface area contributed by atoms with E-state index in [4.69, 9.17) is 24.2 Å². The maximum atomic E-state index is 12.6. The third-order valence-electron chi connectivity index (χ3n) is 9.60. The van der Waals surface area contributed by atoms with Gasteiger partial charge in [0.15, 0.2) is 0 Å². The first kappa shape index (κ1) is 37.9. The molecule has 0 bridgehead atoms. The van der Waals surface area contributed by atoms with Crippen molar-refractivity contribution >= 4 is 23.6 Å². The molecule has 0 unspecified atom stereocenters. The zero-order valence-electron chi connectivity index (χ0n) is 29.9. The predicted octanol–water partition coefficient (Wildman–Crippen LogP) is 8.02. The van der Waals surface area contributed by atoms with Gasteiger partial charge in [0.1, 0.15) is 17.1 Å². The van der Waals surface area contributed by atoms with Crippen LogP contribution in [0.1, 0.15) is 84.1 Å². The molecule has 5 rings (SSSR count). The Morgan fingerprint density at radius 3 is 2.52 bits per heavy atom. The molecule has 9 nitrogen and oxygen atoms in total. The summed E-state index contributed by atoms with van der Waals surface area (Å²) in [5.41, 5.74) is 2.40. The maximum Gasteiger partial charge on any atom is 0.412 e. The van der Waals surface area contributed by atoms with Crippen molar-refractivity contribution in [2.45, 2.75) is 100 Å². The minimum Gasteiger partial charge on any atom is -0.460 e. The smallest absolute Gasteiger partial charge is 0.412 e. The van der Waals surface area contributed by atoms with Crippen molar-refractivity contribution in [3.63, 3.8) is 0 Å². The van der Waals surface area contributed by atoms with Gasteiger partial charge in [-0.2, -0.15) is 0 Å². The number of unbranched alkanes of at least 4 members (excludes halogenated alkanes) is 2. The average molecular weight is 707 g/mol. The lowest BCUT2D eigenvalue weighted by molar-refractivity contribution is -0.223. The lowest BCUT2D eigenvalue weighted by atomic mass is 9.56. The quantitative estimate of drug-likeness (QED) is 0.0913. The van der Waals surface area contributed by atoms with Gasteiger partial charge in [0.05, 0.1) is 23.5 Å². The summed E-state index contributed by atoms with van der Waals surface area (Å²) < 4.78 is 19.9. The van der Waals surface area contributed by atoms with Crippen molar-refractivity contribution in [3.05, 3.63) is 78.4 Å². The molecule has 1 aliphatic heterocycles. The number of aliphatic hydroxyl groups is 2.